The third-order valence-electron chi connectivity index (χ3n) is 4.72. The molecule has 0 amide bonds. The molecule has 1 saturated carbocycles. The minimum absolute atomic E-state index is 0.121. The standard InChI is InChI=1S/C16H19F2NO/c1-9-6-7-11(15(18)14(9)17)16(20)13-8-10-4-2-3-5-12(10)19-13/h6-7,10,12-13,19H,2-5,8H2,1H3. The average Bonchev–Trinajstić information content (AvgIpc) is 2.88. The normalized spacial score (nSPS) is 29.2. The van der Waals surface area contributed by atoms with Crippen molar-refractivity contribution in [2.75, 3.05) is 0 Å². The fraction of sp³-hybridized carbons (Fsp3) is 0.562. The van der Waals surface area contributed by atoms with Gasteiger partial charge in [-0.15, -0.1) is 0 Å². The van der Waals surface area contributed by atoms with Crippen LogP contribution in [0.2, 0.25) is 0 Å². The van der Waals surface area contributed by atoms with Crippen molar-refractivity contribution in [3.05, 3.63) is 34.9 Å². The molecular weight excluding hydrogens is 260 g/mol. The summed E-state index contributed by atoms with van der Waals surface area (Å²) in [4.78, 5) is 12.4. The molecule has 1 aliphatic heterocycles. The van der Waals surface area contributed by atoms with Crippen LogP contribution in [0.4, 0.5) is 8.78 Å². The Kier molecular flexibility index (Phi) is 3.59. The van der Waals surface area contributed by atoms with Crippen LogP contribution in [0.1, 0.15) is 48.0 Å². The average molecular weight is 279 g/mol. The van der Waals surface area contributed by atoms with Gasteiger partial charge >= 0.3 is 0 Å². The van der Waals surface area contributed by atoms with Crippen molar-refractivity contribution >= 4 is 5.78 Å². The second-order valence-corrected chi connectivity index (χ2v) is 6.03. The minimum Gasteiger partial charge on any atom is -0.304 e. The molecule has 1 aromatic carbocycles. The van der Waals surface area contributed by atoms with Crippen molar-refractivity contribution in [3.63, 3.8) is 0 Å². The second-order valence-electron chi connectivity index (χ2n) is 6.03. The third kappa shape index (κ3) is 2.26. The van der Waals surface area contributed by atoms with E-state index in [1.54, 1.807) is 0 Å². The fourth-order valence-corrected chi connectivity index (χ4v) is 3.55. The van der Waals surface area contributed by atoms with E-state index in [0.717, 1.165) is 19.3 Å². The van der Waals surface area contributed by atoms with Gasteiger partial charge in [0.15, 0.2) is 17.4 Å². The first-order valence-electron chi connectivity index (χ1n) is 7.33. The zero-order valence-electron chi connectivity index (χ0n) is 11.6. The molecule has 2 nitrogen and oxygen atoms in total. The van der Waals surface area contributed by atoms with E-state index in [1.807, 2.05) is 0 Å². The number of fused-ring (bicyclic) bond motifs is 1. The fourth-order valence-electron chi connectivity index (χ4n) is 3.55. The Hall–Kier alpha value is -1.29. The van der Waals surface area contributed by atoms with Crippen LogP contribution in [0.3, 0.4) is 0 Å². The largest absolute Gasteiger partial charge is 0.304 e. The maximum Gasteiger partial charge on any atom is 0.182 e. The highest BCUT2D eigenvalue weighted by molar-refractivity contribution is 6.00. The van der Waals surface area contributed by atoms with Gasteiger partial charge in [-0.2, -0.15) is 0 Å². The summed E-state index contributed by atoms with van der Waals surface area (Å²) >= 11 is 0. The minimum atomic E-state index is -1.01. The summed E-state index contributed by atoms with van der Waals surface area (Å²) in [5, 5.41) is 3.31. The van der Waals surface area contributed by atoms with Gasteiger partial charge in [0.25, 0.3) is 0 Å². The Morgan fingerprint density at radius 3 is 2.70 bits per heavy atom. The molecule has 2 fully saturated rings. The quantitative estimate of drug-likeness (QED) is 0.841. The van der Waals surface area contributed by atoms with Crippen molar-refractivity contribution in [2.45, 2.75) is 51.1 Å². The van der Waals surface area contributed by atoms with Crippen LogP contribution in [-0.4, -0.2) is 17.9 Å². The first-order valence-corrected chi connectivity index (χ1v) is 7.33. The molecule has 3 atom stereocenters. The van der Waals surface area contributed by atoms with E-state index < -0.39 is 11.6 Å². The van der Waals surface area contributed by atoms with Gasteiger partial charge < -0.3 is 5.32 Å². The number of rotatable bonds is 2. The number of nitrogens with one attached hydrogen (secondary N) is 1. The molecule has 1 aliphatic carbocycles. The number of halogens is 2. The number of benzene rings is 1. The Morgan fingerprint density at radius 2 is 1.95 bits per heavy atom. The highest BCUT2D eigenvalue weighted by Gasteiger charge is 2.39. The summed E-state index contributed by atoms with van der Waals surface area (Å²) < 4.78 is 27.5. The first kappa shape index (κ1) is 13.7. The number of carbonyl (C=O) groups excluding carboxylic acids is 1. The molecule has 108 valence electrons. The van der Waals surface area contributed by atoms with Gasteiger partial charge in [0.2, 0.25) is 0 Å². The predicted molar refractivity (Wildman–Crippen MR) is 72.7 cm³/mol. The molecule has 0 spiro atoms. The van der Waals surface area contributed by atoms with Crippen molar-refractivity contribution in [1.82, 2.24) is 5.32 Å². The first-order chi connectivity index (χ1) is 9.58. The zero-order chi connectivity index (χ0) is 14.3. The van der Waals surface area contributed by atoms with E-state index in [1.165, 1.54) is 31.9 Å². The molecule has 2 aliphatic rings. The van der Waals surface area contributed by atoms with Crippen molar-refractivity contribution < 1.29 is 13.6 Å². The second kappa shape index (κ2) is 5.24. The summed E-state index contributed by atoms with van der Waals surface area (Å²) in [6, 6.07) is 2.88. The molecule has 3 unspecified atom stereocenters. The lowest BCUT2D eigenvalue weighted by Crippen LogP contribution is -2.37. The summed E-state index contributed by atoms with van der Waals surface area (Å²) in [7, 11) is 0. The van der Waals surface area contributed by atoms with Crippen LogP contribution in [-0.2, 0) is 0 Å². The van der Waals surface area contributed by atoms with Crippen LogP contribution in [0.5, 0.6) is 0 Å². The van der Waals surface area contributed by atoms with Crippen molar-refractivity contribution in [2.24, 2.45) is 5.92 Å². The Morgan fingerprint density at radius 1 is 1.20 bits per heavy atom. The lowest BCUT2D eigenvalue weighted by molar-refractivity contribution is 0.0944. The molecule has 1 saturated heterocycles. The van der Waals surface area contributed by atoms with Gasteiger partial charge in [0, 0.05) is 6.04 Å². The molecule has 4 heteroatoms. The lowest BCUT2D eigenvalue weighted by atomic mass is 9.84. The Labute approximate surface area is 117 Å². The topological polar surface area (TPSA) is 29.1 Å². The van der Waals surface area contributed by atoms with Crippen LogP contribution in [0, 0.1) is 24.5 Å². The Balaban J connectivity index is 1.81. The Bertz CT molecular complexity index is 530. The summed E-state index contributed by atoms with van der Waals surface area (Å²) in [5.41, 5.74) is 0.108. The third-order valence-corrected chi connectivity index (χ3v) is 4.72. The van der Waals surface area contributed by atoms with Gasteiger partial charge in [0.1, 0.15) is 0 Å². The van der Waals surface area contributed by atoms with Crippen LogP contribution in [0.15, 0.2) is 12.1 Å². The molecule has 20 heavy (non-hydrogen) atoms. The molecule has 0 radical (unpaired) electrons. The molecule has 0 bridgehead atoms. The molecule has 3 rings (SSSR count). The van der Waals surface area contributed by atoms with E-state index in [0.29, 0.717) is 12.0 Å². The molecular formula is C16H19F2NO. The number of Topliss-reactive ketones (excluding diaryl/α,β-unsaturated/α-hetero) is 1. The highest BCUT2D eigenvalue weighted by atomic mass is 19.2. The molecule has 1 aromatic rings. The maximum absolute atomic E-state index is 13.9. The summed E-state index contributed by atoms with van der Waals surface area (Å²) in [5.74, 6) is -1.72. The van der Waals surface area contributed by atoms with Gasteiger partial charge in [-0.1, -0.05) is 18.9 Å². The number of aryl methyl sites for hydroxylation is 1. The predicted octanol–water partition coefficient (Wildman–Crippen LogP) is 3.38. The van der Waals surface area contributed by atoms with E-state index in [-0.39, 0.29) is 23.0 Å². The van der Waals surface area contributed by atoms with Gasteiger partial charge in [-0.25, -0.2) is 8.78 Å². The maximum atomic E-state index is 13.9. The number of hydrogen-bond acceptors (Lipinski definition) is 2. The van der Waals surface area contributed by atoms with Crippen molar-refractivity contribution in [3.8, 4) is 0 Å². The van der Waals surface area contributed by atoms with E-state index >= 15 is 0 Å². The molecule has 0 aromatic heterocycles. The SMILES string of the molecule is Cc1ccc(C(=O)C2CC3CCCCC3N2)c(F)c1F. The molecule has 1 N–H and O–H groups in total. The number of hydrogen-bond donors (Lipinski definition) is 1. The van der Waals surface area contributed by atoms with Gasteiger partial charge in [-0.3, -0.25) is 4.79 Å². The van der Waals surface area contributed by atoms with E-state index in [4.69, 9.17) is 0 Å². The van der Waals surface area contributed by atoms with Gasteiger partial charge in [0.05, 0.1) is 11.6 Å². The van der Waals surface area contributed by atoms with Crippen LogP contribution >= 0.6 is 0 Å². The lowest BCUT2D eigenvalue weighted by Gasteiger charge is -2.24. The van der Waals surface area contributed by atoms with E-state index in [2.05, 4.69) is 5.32 Å². The summed E-state index contributed by atoms with van der Waals surface area (Å²) in [6.45, 7) is 1.50. The van der Waals surface area contributed by atoms with Crippen molar-refractivity contribution in [1.29, 1.82) is 0 Å². The smallest absolute Gasteiger partial charge is 0.182 e. The molecule has 1 heterocycles. The monoisotopic (exact) mass is 279 g/mol. The van der Waals surface area contributed by atoms with Crippen LogP contribution < -0.4 is 5.32 Å². The van der Waals surface area contributed by atoms with E-state index in [9.17, 15) is 13.6 Å². The van der Waals surface area contributed by atoms with Gasteiger partial charge in [-0.05, 0) is 43.7 Å². The number of carbonyl (C=O) groups is 1. The van der Waals surface area contributed by atoms with Crippen LogP contribution in [0.25, 0.3) is 0 Å². The number of ketones is 1. The zero-order valence-corrected chi connectivity index (χ0v) is 11.6. The highest BCUT2D eigenvalue weighted by Crippen LogP contribution is 2.34. The summed E-state index contributed by atoms with van der Waals surface area (Å²) in [6.07, 6.45) is 5.35.